The zero-order valence-corrected chi connectivity index (χ0v) is 23.7. The molecule has 2 heterocycles. The molecule has 3 rings (SSSR count). The van der Waals surface area contributed by atoms with Crippen LogP contribution in [0.15, 0.2) is 47.5 Å². The number of aliphatic carboxylic acids is 2. The molecule has 0 unspecified atom stereocenters. The monoisotopic (exact) mass is 588 g/mol. The number of carbonyl (C=O) groups is 5. The number of thioether (sulfide) groups is 1. The summed E-state index contributed by atoms with van der Waals surface area (Å²) in [4.78, 5) is 64.1. The Hall–Kier alpha value is -3.71. The molecule has 12 nitrogen and oxygen atoms in total. The number of nitrogens with one attached hydrogen (secondary N) is 2. The number of nitrogens with zero attached hydrogens (tertiary/aromatic N) is 1. The molecule has 0 saturated carbocycles. The molecule has 0 bridgehead atoms. The molecule has 6 N–H and O–H groups in total. The van der Waals surface area contributed by atoms with Crippen molar-refractivity contribution in [2.45, 2.75) is 69.2 Å². The maximum Gasteiger partial charge on any atom is 0.322 e. The minimum absolute atomic E-state index is 0.0783. The predicted octanol–water partition coefficient (Wildman–Crippen LogP) is 1.55. The number of nitrogens with two attached hydrogens (primary N) is 1. The summed E-state index contributed by atoms with van der Waals surface area (Å²) in [6.07, 6.45) is 8.72. The summed E-state index contributed by atoms with van der Waals surface area (Å²) in [6, 6.07) is 1.57. The molecular weight excluding hydrogens is 552 g/mol. The van der Waals surface area contributed by atoms with Crippen molar-refractivity contribution in [2.24, 2.45) is 11.7 Å². The molecule has 4 atom stereocenters. The molecule has 0 fully saturated rings. The third-order valence-electron chi connectivity index (χ3n) is 6.83. The normalized spacial score (nSPS) is 18.4. The fraction of sp³-hybridized carbons (Fsp3) is 0.500. The topological polar surface area (TPSA) is 198 Å². The van der Waals surface area contributed by atoms with Gasteiger partial charge in [-0.2, -0.15) is 0 Å². The van der Waals surface area contributed by atoms with Crippen LogP contribution in [0.25, 0.3) is 0 Å². The van der Waals surface area contributed by atoms with Gasteiger partial charge in [0.25, 0.3) is 0 Å². The van der Waals surface area contributed by atoms with Crippen LogP contribution < -0.4 is 16.4 Å². The van der Waals surface area contributed by atoms with Crippen molar-refractivity contribution in [3.63, 3.8) is 0 Å². The number of pyridine rings is 1. The zero-order valence-electron chi connectivity index (χ0n) is 22.8. The number of carboxylic acids is 2. The Morgan fingerprint density at radius 2 is 1.90 bits per heavy atom. The Morgan fingerprint density at radius 3 is 2.56 bits per heavy atom. The molecule has 1 aromatic rings. The second-order valence-corrected chi connectivity index (χ2v) is 11.2. The fourth-order valence-corrected chi connectivity index (χ4v) is 6.10. The fourth-order valence-electron chi connectivity index (χ4n) is 4.69. The average Bonchev–Trinajstić information content (AvgIpc) is 3.27. The maximum atomic E-state index is 12.9. The highest BCUT2D eigenvalue weighted by atomic mass is 32.2. The van der Waals surface area contributed by atoms with E-state index in [4.69, 9.17) is 20.7 Å². The summed E-state index contributed by atoms with van der Waals surface area (Å²) >= 11 is 1.34. The molecule has 2 amide bonds. The lowest BCUT2D eigenvalue weighted by atomic mass is 9.83. The number of esters is 1. The first-order valence-electron chi connectivity index (χ1n) is 13.5. The molecule has 13 heteroatoms. The van der Waals surface area contributed by atoms with E-state index in [9.17, 15) is 24.0 Å². The van der Waals surface area contributed by atoms with Crippen LogP contribution in [0.2, 0.25) is 0 Å². The van der Waals surface area contributed by atoms with Gasteiger partial charge >= 0.3 is 17.9 Å². The number of aromatic nitrogens is 1. The first-order chi connectivity index (χ1) is 19.6. The summed E-state index contributed by atoms with van der Waals surface area (Å²) in [7, 11) is 0. The van der Waals surface area contributed by atoms with Gasteiger partial charge in [-0.05, 0) is 55.4 Å². The number of hydrogen-bond acceptors (Lipinski definition) is 9. The molecule has 0 saturated heterocycles. The number of hydrogen-bond donors (Lipinski definition) is 5. The second-order valence-electron chi connectivity index (χ2n) is 9.97. The molecule has 0 radical (unpaired) electrons. The number of amides is 2. The van der Waals surface area contributed by atoms with E-state index in [2.05, 4.69) is 15.6 Å². The lowest BCUT2D eigenvalue weighted by Gasteiger charge is -2.23. The highest BCUT2D eigenvalue weighted by Crippen LogP contribution is 2.42. The van der Waals surface area contributed by atoms with Gasteiger partial charge in [-0.15, -0.1) is 11.8 Å². The molecule has 0 aromatic carbocycles. The first-order valence-corrected chi connectivity index (χ1v) is 14.6. The van der Waals surface area contributed by atoms with Crippen molar-refractivity contribution in [2.75, 3.05) is 12.3 Å². The van der Waals surface area contributed by atoms with Crippen LogP contribution in [0.3, 0.4) is 0 Å². The van der Waals surface area contributed by atoms with Gasteiger partial charge in [-0.3, -0.25) is 29.0 Å². The van der Waals surface area contributed by atoms with Crippen molar-refractivity contribution in [3.05, 3.63) is 53.1 Å². The molecular formula is C28H36N4O8S. The van der Waals surface area contributed by atoms with Crippen molar-refractivity contribution in [1.82, 2.24) is 15.6 Å². The van der Waals surface area contributed by atoms with Gasteiger partial charge in [0.05, 0.1) is 5.25 Å². The Labute approximate surface area is 242 Å². The van der Waals surface area contributed by atoms with Gasteiger partial charge in [-0.1, -0.05) is 25.0 Å². The third-order valence-corrected chi connectivity index (χ3v) is 8.21. The third kappa shape index (κ3) is 9.42. The predicted molar refractivity (Wildman–Crippen MR) is 150 cm³/mol. The van der Waals surface area contributed by atoms with Gasteiger partial charge < -0.3 is 31.3 Å². The molecule has 1 aliphatic heterocycles. The first kappa shape index (κ1) is 31.8. The standard InChI is InChI=1S/C28H36N4O8S/c1-2-3-22(25-18-5-4-17(13-19(18)28(39)40-25)12-16-8-10-30-11-9-16)41-15-21(26(36)31-14-24(34)35)32-23(33)7-6-20(29)27(37)38/h8-11,13,19-22H,2-7,12,14-15,29H2,1H3,(H,31,36)(H,32,33)(H,34,35)(H,37,38)/t19-,20+,21+,22-/m1/s1. The molecule has 222 valence electrons. The van der Waals surface area contributed by atoms with Gasteiger partial charge in [0.1, 0.15) is 30.3 Å². The minimum atomic E-state index is -1.24. The number of allylic oxidation sites excluding steroid dienone is 1. The molecule has 41 heavy (non-hydrogen) atoms. The Morgan fingerprint density at radius 1 is 1.17 bits per heavy atom. The van der Waals surface area contributed by atoms with Crippen LogP contribution in [0.4, 0.5) is 0 Å². The number of cyclic esters (lactones) is 1. The van der Waals surface area contributed by atoms with E-state index in [0.717, 1.165) is 36.0 Å². The van der Waals surface area contributed by atoms with Crippen LogP contribution in [-0.4, -0.2) is 74.6 Å². The lowest BCUT2D eigenvalue weighted by Crippen LogP contribution is -2.49. The van der Waals surface area contributed by atoms with Crippen LogP contribution in [0.5, 0.6) is 0 Å². The lowest BCUT2D eigenvalue weighted by molar-refractivity contribution is -0.140. The quantitative estimate of drug-likeness (QED) is 0.139. The van der Waals surface area contributed by atoms with Crippen molar-refractivity contribution < 1.29 is 38.9 Å². The summed E-state index contributed by atoms with van der Waals surface area (Å²) < 4.78 is 5.79. The Kier molecular flexibility index (Phi) is 11.9. The van der Waals surface area contributed by atoms with Crippen LogP contribution in [0, 0.1) is 5.92 Å². The van der Waals surface area contributed by atoms with Gasteiger partial charge in [0.2, 0.25) is 11.8 Å². The largest absolute Gasteiger partial charge is 0.480 e. The molecule has 1 aromatic heterocycles. The van der Waals surface area contributed by atoms with Crippen LogP contribution in [-0.2, 0) is 35.1 Å². The number of carboxylic acid groups (broad SMARTS) is 2. The SMILES string of the molecule is CCC[C@@H](SC[C@H](NC(=O)CC[C@H](N)C(=O)O)C(=O)NCC(=O)O)C1=C2CCC(Cc3ccncc3)=C[C@H]2C(=O)O1. The van der Waals surface area contributed by atoms with E-state index >= 15 is 0 Å². The molecule has 2 aliphatic rings. The van der Waals surface area contributed by atoms with E-state index in [1.54, 1.807) is 12.4 Å². The van der Waals surface area contributed by atoms with E-state index < -0.39 is 48.3 Å². The van der Waals surface area contributed by atoms with Crippen molar-refractivity contribution >= 4 is 41.5 Å². The van der Waals surface area contributed by atoms with Crippen LogP contribution in [0.1, 0.15) is 51.0 Å². The number of rotatable bonds is 16. The summed E-state index contributed by atoms with van der Waals surface area (Å²) in [5.41, 5.74) is 8.67. The van der Waals surface area contributed by atoms with Gasteiger partial charge in [0, 0.05) is 24.6 Å². The Balaban J connectivity index is 1.72. The summed E-state index contributed by atoms with van der Waals surface area (Å²) in [6.45, 7) is 1.37. The number of carbonyl (C=O) groups excluding carboxylic acids is 3. The van der Waals surface area contributed by atoms with Gasteiger partial charge in [-0.25, -0.2) is 0 Å². The smallest absolute Gasteiger partial charge is 0.322 e. The number of fused-ring (bicyclic) bond motifs is 1. The Bertz CT molecular complexity index is 1200. The zero-order chi connectivity index (χ0) is 29.9. The second kappa shape index (κ2) is 15.3. The summed E-state index contributed by atoms with van der Waals surface area (Å²) in [5.74, 6) is -3.87. The molecule has 0 spiro atoms. The highest BCUT2D eigenvalue weighted by Gasteiger charge is 2.39. The van der Waals surface area contributed by atoms with Crippen LogP contribution >= 0.6 is 11.8 Å². The van der Waals surface area contributed by atoms with E-state index in [1.165, 1.54) is 11.8 Å². The highest BCUT2D eigenvalue weighted by molar-refractivity contribution is 8.00. The van der Waals surface area contributed by atoms with E-state index in [1.807, 2.05) is 25.1 Å². The minimum Gasteiger partial charge on any atom is -0.480 e. The average molecular weight is 589 g/mol. The van der Waals surface area contributed by atoms with E-state index in [0.29, 0.717) is 18.6 Å². The van der Waals surface area contributed by atoms with E-state index in [-0.39, 0.29) is 29.8 Å². The maximum absolute atomic E-state index is 12.9. The summed E-state index contributed by atoms with van der Waals surface area (Å²) in [5, 5.41) is 22.5. The van der Waals surface area contributed by atoms with Gasteiger partial charge in [0.15, 0.2) is 0 Å². The van der Waals surface area contributed by atoms with Crippen molar-refractivity contribution in [3.8, 4) is 0 Å². The van der Waals surface area contributed by atoms with Crippen molar-refractivity contribution in [1.29, 1.82) is 0 Å². The molecule has 1 aliphatic carbocycles. The number of ether oxygens (including phenoxy) is 1.